The first-order valence-corrected chi connectivity index (χ1v) is 7.29. The highest BCUT2D eigenvalue weighted by Crippen LogP contribution is 2.10. The number of carbonyl (C=O) groups excluding carboxylic acids is 2. The van der Waals surface area contributed by atoms with Gasteiger partial charge in [-0.1, -0.05) is 0 Å². The van der Waals surface area contributed by atoms with E-state index in [2.05, 4.69) is 26.0 Å². The van der Waals surface area contributed by atoms with Crippen LogP contribution in [0.4, 0.5) is 0 Å². The van der Waals surface area contributed by atoms with E-state index < -0.39 is 0 Å². The summed E-state index contributed by atoms with van der Waals surface area (Å²) in [5.41, 5.74) is 2.22. The molecule has 1 heterocycles. The van der Waals surface area contributed by atoms with Crippen LogP contribution in [0.15, 0.2) is 42.5 Å². The summed E-state index contributed by atoms with van der Waals surface area (Å²) in [4.78, 5) is 23.9. The van der Waals surface area contributed by atoms with Crippen LogP contribution in [0, 0.1) is 0 Å². The first kappa shape index (κ1) is 15.5. The number of phenols is 1. The molecule has 0 unspecified atom stereocenters. The quantitative estimate of drug-likeness (QED) is 0.518. The summed E-state index contributed by atoms with van der Waals surface area (Å²) in [6, 6.07) is 10.9. The second-order valence-electron chi connectivity index (χ2n) is 5.09. The number of H-pyrrole nitrogens is 1. The summed E-state index contributed by atoms with van der Waals surface area (Å²) < 4.78 is 0. The minimum atomic E-state index is -0.270. The van der Waals surface area contributed by atoms with Crippen LogP contribution >= 0.6 is 0 Å². The van der Waals surface area contributed by atoms with Crippen LogP contribution in [0.25, 0.3) is 11.0 Å². The number of benzene rings is 2. The fourth-order valence-corrected chi connectivity index (χ4v) is 2.15. The Morgan fingerprint density at radius 2 is 1.46 bits per heavy atom. The van der Waals surface area contributed by atoms with Gasteiger partial charge in [0.05, 0.1) is 0 Å². The Morgan fingerprint density at radius 3 is 2.17 bits per heavy atom. The Morgan fingerprint density at radius 1 is 0.875 bits per heavy atom. The van der Waals surface area contributed by atoms with Gasteiger partial charge < -0.3 is 15.7 Å². The number of rotatable bonds is 5. The van der Waals surface area contributed by atoms with E-state index in [0.29, 0.717) is 28.7 Å². The summed E-state index contributed by atoms with van der Waals surface area (Å²) >= 11 is 0. The zero-order chi connectivity index (χ0) is 16.9. The van der Waals surface area contributed by atoms with Crippen molar-refractivity contribution in [3.63, 3.8) is 0 Å². The third-order valence-corrected chi connectivity index (χ3v) is 3.40. The lowest BCUT2D eigenvalue weighted by molar-refractivity contribution is 0.0927. The second-order valence-corrected chi connectivity index (χ2v) is 5.09. The molecule has 3 aromatic rings. The zero-order valence-corrected chi connectivity index (χ0v) is 12.6. The van der Waals surface area contributed by atoms with Gasteiger partial charge in [0.2, 0.25) is 0 Å². The largest absolute Gasteiger partial charge is 0.508 e. The number of aromatic amines is 1. The van der Waals surface area contributed by atoms with E-state index in [-0.39, 0.29) is 24.1 Å². The van der Waals surface area contributed by atoms with Gasteiger partial charge in [-0.2, -0.15) is 15.4 Å². The number of carbonyl (C=O) groups is 2. The summed E-state index contributed by atoms with van der Waals surface area (Å²) in [5.74, 6) is -0.421. The molecule has 3 rings (SSSR count). The fraction of sp³-hybridized carbons (Fsp3) is 0.125. The van der Waals surface area contributed by atoms with Crippen LogP contribution in [-0.4, -0.2) is 45.4 Å². The molecule has 0 aliphatic carbocycles. The first-order valence-electron chi connectivity index (χ1n) is 7.29. The topological polar surface area (TPSA) is 120 Å². The van der Waals surface area contributed by atoms with E-state index in [9.17, 15) is 14.7 Å². The predicted octanol–water partition coefficient (Wildman–Crippen LogP) is 0.823. The Balaban J connectivity index is 1.48. The SMILES string of the molecule is O=C(NCCNC(=O)c1ccc2n[nH]nc2c1)c1ccc(O)cc1. The molecule has 4 N–H and O–H groups in total. The van der Waals surface area contributed by atoms with Crippen molar-refractivity contribution in [2.24, 2.45) is 0 Å². The van der Waals surface area contributed by atoms with E-state index >= 15 is 0 Å². The lowest BCUT2D eigenvalue weighted by atomic mass is 10.2. The molecule has 2 aromatic carbocycles. The molecule has 0 aliphatic heterocycles. The highest BCUT2D eigenvalue weighted by atomic mass is 16.3. The predicted molar refractivity (Wildman–Crippen MR) is 86.7 cm³/mol. The van der Waals surface area contributed by atoms with Crippen molar-refractivity contribution in [2.45, 2.75) is 0 Å². The van der Waals surface area contributed by atoms with Crippen LogP contribution in [-0.2, 0) is 0 Å². The number of amides is 2. The van der Waals surface area contributed by atoms with Gasteiger partial charge in [0.15, 0.2) is 0 Å². The number of fused-ring (bicyclic) bond motifs is 1. The fourth-order valence-electron chi connectivity index (χ4n) is 2.15. The van der Waals surface area contributed by atoms with E-state index in [0.717, 1.165) is 0 Å². The van der Waals surface area contributed by atoms with Gasteiger partial charge in [-0.25, -0.2) is 0 Å². The minimum Gasteiger partial charge on any atom is -0.508 e. The van der Waals surface area contributed by atoms with Crippen LogP contribution in [0.3, 0.4) is 0 Å². The Bertz CT molecular complexity index is 873. The summed E-state index contributed by atoms with van der Waals surface area (Å²) in [6.45, 7) is 0.581. The molecular weight excluding hydrogens is 310 g/mol. The molecule has 0 saturated carbocycles. The molecule has 2 amide bonds. The smallest absolute Gasteiger partial charge is 0.251 e. The van der Waals surface area contributed by atoms with Crippen molar-refractivity contribution in [3.8, 4) is 5.75 Å². The van der Waals surface area contributed by atoms with Gasteiger partial charge in [-0.15, -0.1) is 0 Å². The molecule has 24 heavy (non-hydrogen) atoms. The molecule has 0 fully saturated rings. The molecular formula is C16H15N5O3. The van der Waals surface area contributed by atoms with Gasteiger partial charge in [0.1, 0.15) is 16.8 Å². The Hall–Kier alpha value is -3.42. The number of aromatic hydroxyl groups is 1. The molecule has 0 aliphatic rings. The standard InChI is InChI=1S/C16H15N5O3/c22-12-4-1-10(2-5-12)15(23)17-7-8-18-16(24)11-3-6-13-14(9-11)20-21-19-13/h1-6,9,22H,7-8H2,(H,17,23)(H,18,24)(H,19,20,21). The van der Waals surface area contributed by atoms with E-state index in [1.54, 1.807) is 18.2 Å². The van der Waals surface area contributed by atoms with Crippen molar-refractivity contribution >= 4 is 22.8 Å². The number of nitrogens with one attached hydrogen (secondary N) is 3. The van der Waals surface area contributed by atoms with Crippen molar-refractivity contribution in [3.05, 3.63) is 53.6 Å². The number of phenolic OH excluding ortho intramolecular Hbond substituents is 1. The van der Waals surface area contributed by atoms with Crippen molar-refractivity contribution < 1.29 is 14.7 Å². The molecule has 0 bridgehead atoms. The maximum absolute atomic E-state index is 12.1. The summed E-state index contributed by atoms with van der Waals surface area (Å²) in [5, 5.41) is 24.9. The number of nitrogens with zero attached hydrogens (tertiary/aromatic N) is 2. The highest BCUT2D eigenvalue weighted by Gasteiger charge is 2.08. The van der Waals surface area contributed by atoms with Crippen LogP contribution in [0.1, 0.15) is 20.7 Å². The molecule has 8 heteroatoms. The highest BCUT2D eigenvalue weighted by molar-refractivity contribution is 5.97. The molecule has 0 saturated heterocycles. The normalized spacial score (nSPS) is 10.5. The maximum atomic E-state index is 12.1. The van der Waals surface area contributed by atoms with Crippen molar-refractivity contribution in [2.75, 3.05) is 13.1 Å². The van der Waals surface area contributed by atoms with Gasteiger partial charge in [0.25, 0.3) is 11.8 Å². The number of hydrogen-bond acceptors (Lipinski definition) is 5. The maximum Gasteiger partial charge on any atom is 0.251 e. The third-order valence-electron chi connectivity index (χ3n) is 3.40. The molecule has 0 atom stereocenters. The van der Waals surface area contributed by atoms with Crippen LogP contribution < -0.4 is 10.6 Å². The van der Waals surface area contributed by atoms with Gasteiger partial charge >= 0.3 is 0 Å². The second kappa shape index (κ2) is 6.78. The Kier molecular flexibility index (Phi) is 4.37. The molecule has 1 aromatic heterocycles. The summed E-state index contributed by atoms with van der Waals surface area (Å²) in [7, 11) is 0. The molecule has 8 nitrogen and oxygen atoms in total. The Labute approximate surface area is 136 Å². The minimum absolute atomic E-state index is 0.0999. The van der Waals surface area contributed by atoms with E-state index in [4.69, 9.17) is 0 Å². The molecule has 0 radical (unpaired) electrons. The average molecular weight is 325 g/mol. The van der Waals surface area contributed by atoms with E-state index in [1.807, 2.05) is 0 Å². The van der Waals surface area contributed by atoms with Crippen LogP contribution in [0.5, 0.6) is 5.75 Å². The summed E-state index contributed by atoms with van der Waals surface area (Å²) in [6.07, 6.45) is 0. The molecule has 122 valence electrons. The zero-order valence-electron chi connectivity index (χ0n) is 12.6. The van der Waals surface area contributed by atoms with E-state index in [1.165, 1.54) is 24.3 Å². The van der Waals surface area contributed by atoms with Gasteiger partial charge in [0, 0.05) is 24.2 Å². The van der Waals surface area contributed by atoms with Gasteiger partial charge in [-0.3, -0.25) is 9.59 Å². The molecule has 0 spiro atoms. The number of hydrogen-bond donors (Lipinski definition) is 4. The monoisotopic (exact) mass is 325 g/mol. The first-order chi connectivity index (χ1) is 11.6. The number of aromatic nitrogens is 3. The van der Waals surface area contributed by atoms with Gasteiger partial charge in [-0.05, 0) is 42.5 Å². The van der Waals surface area contributed by atoms with Crippen molar-refractivity contribution in [1.29, 1.82) is 0 Å². The lowest BCUT2D eigenvalue weighted by Gasteiger charge is -2.07. The van der Waals surface area contributed by atoms with Crippen molar-refractivity contribution in [1.82, 2.24) is 26.0 Å². The lowest BCUT2D eigenvalue weighted by Crippen LogP contribution is -2.34. The van der Waals surface area contributed by atoms with Crippen LogP contribution in [0.2, 0.25) is 0 Å². The average Bonchev–Trinajstić information content (AvgIpc) is 3.06. The third kappa shape index (κ3) is 3.49.